The van der Waals surface area contributed by atoms with Gasteiger partial charge in [0.25, 0.3) is 0 Å². The van der Waals surface area contributed by atoms with Crippen molar-refractivity contribution in [3.8, 4) is 0 Å². The van der Waals surface area contributed by atoms with Gasteiger partial charge in [-0.3, -0.25) is 4.90 Å². The summed E-state index contributed by atoms with van der Waals surface area (Å²) in [7, 11) is 2.27. The molecule has 0 amide bonds. The van der Waals surface area contributed by atoms with E-state index in [0.717, 1.165) is 6.54 Å². The first kappa shape index (κ1) is 15.3. The molecule has 2 aliphatic rings. The predicted molar refractivity (Wildman–Crippen MR) is 82.2 cm³/mol. The molecule has 0 radical (unpaired) electrons. The van der Waals surface area contributed by atoms with Crippen LogP contribution in [-0.2, 0) is 0 Å². The van der Waals surface area contributed by atoms with Crippen LogP contribution in [0.1, 0.15) is 47.0 Å². The summed E-state index contributed by atoms with van der Waals surface area (Å²) in [6.07, 6.45) is 3.82. The molecule has 1 heterocycles. The minimum absolute atomic E-state index is 0.248. The van der Waals surface area contributed by atoms with E-state index < -0.39 is 0 Å². The van der Waals surface area contributed by atoms with Gasteiger partial charge in [-0.2, -0.15) is 0 Å². The van der Waals surface area contributed by atoms with Gasteiger partial charge in [0.15, 0.2) is 0 Å². The van der Waals surface area contributed by atoms with Crippen molar-refractivity contribution >= 4 is 0 Å². The van der Waals surface area contributed by atoms with E-state index in [4.69, 9.17) is 5.73 Å². The molecule has 0 bridgehead atoms. The molecule has 2 fully saturated rings. The Morgan fingerprint density at radius 2 is 1.95 bits per heavy atom. The fourth-order valence-electron chi connectivity index (χ4n) is 4.71. The molecule has 3 atom stereocenters. The van der Waals surface area contributed by atoms with Crippen LogP contribution >= 0.6 is 0 Å². The Kier molecular flexibility index (Phi) is 4.29. The highest BCUT2D eigenvalue weighted by atomic mass is 15.3. The Morgan fingerprint density at radius 3 is 2.42 bits per heavy atom. The van der Waals surface area contributed by atoms with E-state index in [1.165, 1.54) is 38.9 Å². The molecule has 112 valence electrons. The molecule has 19 heavy (non-hydrogen) atoms. The number of hydrogen-bond donors (Lipinski definition) is 1. The number of nitrogens with two attached hydrogens (primary N) is 1. The van der Waals surface area contributed by atoms with Crippen LogP contribution in [0.4, 0.5) is 0 Å². The smallest absolute Gasteiger partial charge is 0.0363 e. The summed E-state index contributed by atoms with van der Waals surface area (Å²) in [6, 6.07) is 0.702. The lowest BCUT2D eigenvalue weighted by atomic mass is 9.83. The van der Waals surface area contributed by atoms with E-state index in [0.29, 0.717) is 17.4 Å². The van der Waals surface area contributed by atoms with Gasteiger partial charge in [-0.05, 0) is 37.6 Å². The zero-order chi connectivity index (χ0) is 14.3. The Balaban J connectivity index is 2.18. The van der Waals surface area contributed by atoms with Gasteiger partial charge in [-0.15, -0.1) is 0 Å². The van der Waals surface area contributed by atoms with Gasteiger partial charge in [0.1, 0.15) is 0 Å². The summed E-state index contributed by atoms with van der Waals surface area (Å²) in [4.78, 5) is 5.26. The molecule has 3 heteroatoms. The zero-order valence-corrected chi connectivity index (χ0v) is 13.6. The van der Waals surface area contributed by atoms with Crippen molar-refractivity contribution in [3.05, 3.63) is 0 Å². The quantitative estimate of drug-likeness (QED) is 0.850. The van der Waals surface area contributed by atoms with E-state index in [1.54, 1.807) is 0 Å². The highest BCUT2D eigenvalue weighted by molar-refractivity contribution is 5.07. The van der Waals surface area contributed by atoms with Crippen molar-refractivity contribution in [2.24, 2.45) is 17.1 Å². The normalized spacial score (nSPS) is 40.7. The molecule has 0 aromatic carbocycles. The molecule has 1 aliphatic heterocycles. The zero-order valence-electron chi connectivity index (χ0n) is 13.6. The maximum absolute atomic E-state index is 6.28. The van der Waals surface area contributed by atoms with Gasteiger partial charge in [0.05, 0.1) is 0 Å². The summed E-state index contributed by atoms with van der Waals surface area (Å²) < 4.78 is 0. The van der Waals surface area contributed by atoms with Gasteiger partial charge >= 0.3 is 0 Å². The highest BCUT2D eigenvalue weighted by Gasteiger charge is 2.51. The number of likely N-dealkylation sites (N-methyl/N-ethyl adjacent to an activating group) is 1. The van der Waals surface area contributed by atoms with E-state index in [-0.39, 0.29) is 5.54 Å². The fraction of sp³-hybridized carbons (Fsp3) is 1.00. The van der Waals surface area contributed by atoms with Gasteiger partial charge in [0, 0.05) is 37.8 Å². The van der Waals surface area contributed by atoms with Crippen molar-refractivity contribution in [2.45, 2.75) is 58.5 Å². The van der Waals surface area contributed by atoms with Crippen molar-refractivity contribution in [1.82, 2.24) is 9.80 Å². The fourth-order valence-corrected chi connectivity index (χ4v) is 4.71. The van der Waals surface area contributed by atoms with E-state index in [9.17, 15) is 0 Å². The second-order valence-corrected chi connectivity index (χ2v) is 7.74. The molecule has 0 aromatic heterocycles. The predicted octanol–water partition coefficient (Wildman–Crippen LogP) is 2.17. The van der Waals surface area contributed by atoms with Crippen molar-refractivity contribution in [3.63, 3.8) is 0 Å². The Morgan fingerprint density at radius 1 is 1.26 bits per heavy atom. The summed E-state index contributed by atoms with van der Waals surface area (Å²) in [6.45, 7) is 13.9. The Labute approximate surface area is 119 Å². The number of hydrogen-bond acceptors (Lipinski definition) is 3. The minimum atomic E-state index is 0.248. The van der Waals surface area contributed by atoms with Crippen LogP contribution in [-0.4, -0.2) is 54.6 Å². The van der Waals surface area contributed by atoms with Crippen molar-refractivity contribution in [1.29, 1.82) is 0 Å². The van der Waals surface area contributed by atoms with Crippen LogP contribution in [0, 0.1) is 11.3 Å². The van der Waals surface area contributed by atoms with Gasteiger partial charge in [-0.1, -0.05) is 27.7 Å². The van der Waals surface area contributed by atoms with Gasteiger partial charge < -0.3 is 10.6 Å². The third-order valence-electron chi connectivity index (χ3n) is 5.79. The molecule has 2 rings (SSSR count). The van der Waals surface area contributed by atoms with Crippen molar-refractivity contribution < 1.29 is 0 Å². The first-order chi connectivity index (χ1) is 8.84. The Bertz CT molecular complexity index is 315. The molecule has 0 aromatic rings. The summed E-state index contributed by atoms with van der Waals surface area (Å²) >= 11 is 0. The van der Waals surface area contributed by atoms with E-state index in [1.807, 2.05) is 0 Å². The average Bonchev–Trinajstić information content (AvgIpc) is 2.60. The summed E-state index contributed by atoms with van der Waals surface area (Å²) in [5, 5.41) is 0. The average molecular weight is 267 g/mol. The Hall–Kier alpha value is -0.120. The maximum atomic E-state index is 6.28. The monoisotopic (exact) mass is 267 g/mol. The lowest BCUT2D eigenvalue weighted by molar-refractivity contribution is -0.00755. The lowest BCUT2D eigenvalue weighted by Gasteiger charge is -2.50. The van der Waals surface area contributed by atoms with Crippen LogP contribution in [0.15, 0.2) is 0 Å². The molecule has 3 unspecified atom stereocenters. The van der Waals surface area contributed by atoms with Crippen LogP contribution in [0.5, 0.6) is 0 Å². The largest absolute Gasteiger partial charge is 0.329 e. The SMILES string of the molecule is CCC1CN(C2(CN)CC(C)(C)CC2C)CCN1C. The molecule has 1 aliphatic carbocycles. The van der Waals surface area contributed by atoms with Gasteiger partial charge in [0.2, 0.25) is 0 Å². The number of nitrogens with zero attached hydrogens (tertiary/aromatic N) is 2. The maximum Gasteiger partial charge on any atom is 0.0363 e. The lowest BCUT2D eigenvalue weighted by Crippen LogP contribution is -2.63. The number of rotatable bonds is 3. The molecule has 3 nitrogen and oxygen atoms in total. The van der Waals surface area contributed by atoms with Gasteiger partial charge in [-0.25, -0.2) is 0 Å². The third kappa shape index (κ3) is 2.70. The summed E-state index contributed by atoms with van der Waals surface area (Å²) in [5.41, 5.74) is 6.97. The molecule has 1 saturated heterocycles. The topological polar surface area (TPSA) is 32.5 Å². The molecule has 0 spiro atoms. The third-order valence-corrected chi connectivity index (χ3v) is 5.79. The highest BCUT2D eigenvalue weighted by Crippen LogP contribution is 2.50. The first-order valence-corrected chi connectivity index (χ1v) is 8.00. The molecular formula is C16H33N3. The molecule has 1 saturated carbocycles. The minimum Gasteiger partial charge on any atom is -0.329 e. The van der Waals surface area contributed by atoms with Crippen LogP contribution < -0.4 is 5.73 Å². The van der Waals surface area contributed by atoms with Crippen LogP contribution in [0.3, 0.4) is 0 Å². The standard InChI is InChI=1S/C16H33N3/c1-6-14-10-19(8-7-18(14)5)16(12-17)11-15(3,4)9-13(16)2/h13-14H,6-12,17H2,1-5H3. The number of piperazine rings is 1. The van der Waals surface area contributed by atoms with Crippen LogP contribution in [0.2, 0.25) is 0 Å². The molecule has 2 N–H and O–H groups in total. The first-order valence-electron chi connectivity index (χ1n) is 8.00. The van der Waals surface area contributed by atoms with E-state index in [2.05, 4.69) is 44.5 Å². The van der Waals surface area contributed by atoms with Crippen molar-refractivity contribution in [2.75, 3.05) is 33.2 Å². The van der Waals surface area contributed by atoms with Crippen LogP contribution in [0.25, 0.3) is 0 Å². The summed E-state index contributed by atoms with van der Waals surface area (Å²) in [5.74, 6) is 0.716. The second-order valence-electron chi connectivity index (χ2n) is 7.74. The second kappa shape index (κ2) is 5.34. The molecular weight excluding hydrogens is 234 g/mol. The van der Waals surface area contributed by atoms with E-state index >= 15 is 0 Å².